The molecule has 3 heterocycles. The Bertz CT molecular complexity index is 1720. The monoisotopic (exact) mass is 624 g/mol. The van der Waals surface area contributed by atoms with Gasteiger partial charge in [0.1, 0.15) is 17.6 Å². The normalized spacial score (nSPS) is 19.5. The van der Waals surface area contributed by atoms with Gasteiger partial charge in [-0.25, -0.2) is 4.39 Å². The minimum Gasteiger partial charge on any atom is -0.497 e. The van der Waals surface area contributed by atoms with E-state index in [9.17, 15) is 18.8 Å². The maximum atomic E-state index is 14.6. The Kier molecular flexibility index (Phi) is 8.67. The van der Waals surface area contributed by atoms with Crippen LogP contribution in [-0.2, 0) is 11.3 Å². The lowest BCUT2D eigenvalue weighted by atomic mass is 9.77. The number of thiophene rings is 2. The highest BCUT2D eigenvalue weighted by molar-refractivity contribution is 7.12. The van der Waals surface area contributed by atoms with Crippen LogP contribution >= 0.6 is 22.7 Å². The van der Waals surface area contributed by atoms with Gasteiger partial charge in [-0.1, -0.05) is 54.6 Å². The number of rotatable bonds is 9. The van der Waals surface area contributed by atoms with Crippen LogP contribution in [0.3, 0.4) is 0 Å². The van der Waals surface area contributed by atoms with Gasteiger partial charge in [-0.15, -0.1) is 22.7 Å². The van der Waals surface area contributed by atoms with E-state index in [0.717, 1.165) is 10.4 Å². The molecule has 1 saturated heterocycles. The molecule has 0 saturated carbocycles. The van der Waals surface area contributed by atoms with Gasteiger partial charge in [-0.3, -0.25) is 14.4 Å². The molecule has 5 aromatic rings. The zero-order valence-corrected chi connectivity index (χ0v) is 25.4. The molecule has 1 fully saturated rings. The summed E-state index contributed by atoms with van der Waals surface area (Å²) >= 11 is 2.75. The lowest BCUT2D eigenvalue weighted by molar-refractivity contribution is -0.125. The molecule has 3 aromatic carbocycles. The fourth-order valence-corrected chi connectivity index (χ4v) is 7.51. The van der Waals surface area contributed by atoms with E-state index >= 15 is 0 Å². The molecular formula is C35H29FN2O4S2. The molecule has 222 valence electrons. The van der Waals surface area contributed by atoms with Crippen molar-refractivity contribution in [3.63, 3.8) is 0 Å². The van der Waals surface area contributed by atoms with Gasteiger partial charge in [0.25, 0.3) is 5.91 Å². The Morgan fingerprint density at radius 1 is 0.841 bits per heavy atom. The molecule has 4 atom stereocenters. The first-order valence-electron chi connectivity index (χ1n) is 14.1. The molecule has 1 aliphatic heterocycles. The van der Waals surface area contributed by atoms with Gasteiger partial charge in [-0.05, 0) is 70.4 Å². The van der Waals surface area contributed by atoms with Crippen molar-refractivity contribution >= 4 is 40.3 Å². The summed E-state index contributed by atoms with van der Waals surface area (Å²) in [6.07, 6.45) is 0. The van der Waals surface area contributed by atoms with Gasteiger partial charge in [0.2, 0.25) is 5.91 Å². The zero-order chi connectivity index (χ0) is 30.6. The third kappa shape index (κ3) is 5.80. The summed E-state index contributed by atoms with van der Waals surface area (Å²) in [5.41, 5.74) is 1.96. The van der Waals surface area contributed by atoms with E-state index < -0.39 is 23.9 Å². The fraction of sp³-hybridized carbons (Fsp3) is 0.171. The van der Waals surface area contributed by atoms with E-state index in [4.69, 9.17) is 4.74 Å². The molecular weight excluding hydrogens is 596 g/mol. The first-order valence-corrected chi connectivity index (χ1v) is 15.9. The van der Waals surface area contributed by atoms with Gasteiger partial charge in [0, 0.05) is 22.9 Å². The molecule has 2 amide bonds. The average molecular weight is 625 g/mol. The van der Waals surface area contributed by atoms with Crippen LogP contribution in [-0.4, -0.2) is 35.6 Å². The van der Waals surface area contributed by atoms with E-state index in [-0.39, 0.29) is 30.0 Å². The van der Waals surface area contributed by atoms with E-state index in [1.807, 2.05) is 53.2 Å². The number of halogens is 1. The van der Waals surface area contributed by atoms with E-state index in [1.165, 1.54) is 34.8 Å². The molecule has 9 heteroatoms. The van der Waals surface area contributed by atoms with Crippen LogP contribution in [0, 0.1) is 11.7 Å². The average Bonchev–Trinajstić information content (AvgIpc) is 3.85. The molecule has 2 aromatic heterocycles. The van der Waals surface area contributed by atoms with Crippen molar-refractivity contribution in [2.45, 2.75) is 24.5 Å². The van der Waals surface area contributed by atoms with Crippen molar-refractivity contribution in [2.75, 3.05) is 7.11 Å². The van der Waals surface area contributed by atoms with Crippen molar-refractivity contribution < 1.29 is 23.5 Å². The molecule has 6 rings (SSSR count). The number of hydrogen-bond acceptors (Lipinski definition) is 6. The third-order valence-electron chi connectivity index (χ3n) is 7.98. The minimum atomic E-state index is -1.01. The second-order valence-corrected chi connectivity index (χ2v) is 12.4. The highest BCUT2D eigenvalue weighted by atomic mass is 32.1. The Hall–Kier alpha value is -4.60. The number of Topliss-reactive ketones (excluding diaryl/α,β-unsaturated/α-hetero) is 1. The molecule has 6 nitrogen and oxygen atoms in total. The summed E-state index contributed by atoms with van der Waals surface area (Å²) in [5, 5.41) is 6.73. The quantitative estimate of drug-likeness (QED) is 0.177. The maximum Gasteiger partial charge on any atom is 0.265 e. The lowest BCUT2D eigenvalue weighted by Gasteiger charge is -2.30. The van der Waals surface area contributed by atoms with Crippen LogP contribution in [0.4, 0.5) is 4.39 Å². The van der Waals surface area contributed by atoms with Gasteiger partial charge in [0.05, 0.1) is 23.9 Å². The SMILES string of the molecule is COc1ccc(C(=O)C2C(c3ccccc3)C(C(=O)NCc3ccc(F)cc3)N(C(=O)c3cccs3)C2c2cccs2)cc1. The van der Waals surface area contributed by atoms with Crippen LogP contribution in [0.25, 0.3) is 0 Å². The van der Waals surface area contributed by atoms with Crippen molar-refractivity contribution in [1.29, 1.82) is 0 Å². The highest BCUT2D eigenvalue weighted by Crippen LogP contribution is 2.52. The molecule has 0 radical (unpaired) electrons. The Balaban J connectivity index is 1.50. The van der Waals surface area contributed by atoms with E-state index in [0.29, 0.717) is 21.8 Å². The number of ketones is 1. The number of nitrogens with zero attached hydrogens (tertiary/aromatic N) is 1. The topological polar surface area (TPSA) is 75.7 Å². The van der Waals surface area contributed by atoms with Crippen LogP contribution in [0.1, 0.15) is 48.0 Å². The first-order chi connectivity index (χ1) is 21.5. The fourth-order valence-electron chi connectivity index (χ4n) is 5.97. The predicted molar refractivity (Wildman–Crippen MR) is 170 cm³/mol. The number of nitrogens with one attached hydrogen (secondary N) is 1. The molecule has 0 spiro atoms. The highest BCUT2D eigenvalue weighted by Gasteiger charge is 2.57. The van der Waals surface area contributed by atoms with Crippen LogP contribution in [0.15, 0.2) is 114 Å². The van der Waals surface area contributed by atoms with Crippen molar-refractivity contribution in [3.8, 4) is 5.75 Å². The maximum absolute atomic E-state index is 14.6. The van der Waals surface area contributed by atoms with Gasteiger partial charge in [-0.2, -0.15) is 0 Å². The van der Waals surface area contributed by atoms with E-state index in [1.54, 1.807) is 60.5 Å². The number of hydrogen-bond donors (Lipinski definition) is 1. The van der Waals surface area contributed by atoms with Gasteiger partial charge in [0.15, 0.2) is 5.78 Å². The summed E-state index contributed by atoms with van der Waals surface area (Å²) in [4.78, 5) is 46.3. The van der Waals surface area contributed by atoms with E-state index in [2.05, 4.69) is 5.32 Å². The Morgan fingerprint density at radius 2 is 1.55 bits per heavy atom. The Labute approximate surface area is 262 Å². The molecule has 1 aliphatic rings. The summed E-state index contributed by atoms with van der Waals surface area (Å²) < 4.78 is 18.9. The first kappa shape index (κ1) is 29.5. The van der Waals surface area contributed by atoms with Crippen molar-refractivity contribution in [2.24, 2.45) is 5.92 Å². The van der Waals surface area contributed by atoms with Crippen LogP contribution in [0.2, 0.25) is 0 Å². The molecule has 0 bridgehead atoms. The summed E-state index contributed by atoms with van der Waals surface area (Å²) in [6, 6.07) is 27.9. The van der Waals surface area contributed by atoms with Crippen molar-refractivity contribution in [1.82, 2.24) is 10.2 Å². The third-order valence-corrected chi connectivity index (χ3v) is 9.78. The molecule has 1 N–H and O–H groups in total. The zero-order valence-electron chi connectivity index (χ0n) is 23.8. The largest absolute Gasteiger partial charge is 0.497 e. The Morgan fingerprint density at radius 3 is 2.18 bits per heavy atom. The minimum absolute atomic E-state index is 0.138. The summed E-state index contributed by atoms with van der Waals surface area (Å²) in [5.74, 6) is -2.05. The van der Waals surface area contributed by atoms with Crippen molar-refractivity contribution in [3.05, 3.63) is 146 Å². The second-order valence-electron chi connectivity index (χ2n) is 10.5. The number of benzene rings is 3. The smallest absolute Gasteiger partial charge is 0.265 e. The summed E-state index contributed by atoms with van der Waals surface area (Å²) in [6.45, 7) is 0.138. The molecule has 0 aliphatic carbocycles. The number of ether oxygens (including phenoxy) is 1. The van der Waals surface area contributed by atoms with Crippen LogP contribution in [0.5, 0.6) is 5.75 Å². The molecule has 4 unspecified atom stereocenters. The summed E-state index contributed by atoms with van der Waals surface area (Å²) in [7, 11) is 1.56. The van der Waals surface area contributed by atoms with Gasteiger partial charge >= 0.3 is 0 Å². The number of likely N-dealkylation sites (tertiary alicyclic amines) is 1. The number of amides is 2. The van der Waals surface area contributed by atoms with Crippen LogP contribution < -0.4 is 10.1 Å². The predicted octanol–water partition coefficient (Wildman–Crippen LogP) is 7.12. The van der Waals surface area contributed by atoms with Gasteiger partial charge < -0.3 is 15.0 Å². The second kappa shape index (κ2) is 13.0. The molecule has 44 heavy (non-hydrogen) atoms. The standard InChI is InChI=1S/C35H29FN2O4S2/c1-42-26-17-13-24(14-18-26)33(39)30-29(23-7-3-2-4-8-23)32(34(40)37-21-22-11-15-25(36)16-12-22)38(31(30)27-9-5-19-43-27)35(41)28-10-6-20-44-28/h2-20,29-32H,21H2,1H3,(H,37,40). The number of carbonyl (C=O) groups excluding carboxylic acids is 3. The number of carbonyl (C=O) groups is 3. The number of methoxy groups -OCH3 is 1. The lowest BCUT2D eigenvalue weighted by Crippen LogP contribution is -2.48.